The van der Waals surface area contributed by atoms with E-state index in [2.05, 4.69) is 20.7 Å². The van der Waals surface area contributed by atoms with Gasteiger partial charge >= 0.3 is 6.03 Å². The van der Waals surface area contributed by atoms with Crippen LogP contribution in [-0.2, 0) is 11.8 Å². The first-order valence-electron chi connectivity index (χ1n) is 8.84. The molecule has 2 N–H and O–H groups in total. The monoisotopic (exact) mass is 383 g/mol. The van der Waals surface area contributed by atoms with Gasteiger partial charge in [-0.25, -0.2) is 4.79 Å². The molecule has 4 heterocycles. The van der Waals surface area contributed by atoms with Gasteiger partial charge in [0, 0.05) is 49.1 Å². The number of aromatic nitrogens is 3. The summed E-state index contributed by atoms with van der Waals surface area (Å²) in [4.78, 5) is 16.6. The summed E-state index contributed by atoms with van der Waals surface area (Å²) in [6.45, 7) is 0.610. The smallest absolute Gasteiger partial charge is 0.320 e. The van der Waals surface area contributed by atoms with Crippen LogP contribution in [0.2, 0.25) is 0 Å². The van der Waals surface area contributed by atoms with Crippen molar-refractivity contribution in [2.75, 3.05) is 11.9 Å². The van der Waals surface area contributed by atoms with Crippen LogP contribution in [0.25, 0.3) is 11.3 Å². The molecule has 3 aromatic rings. The number of pyridine rings is 1. The van der Waals surface area contributed by atoms with Crippen molar-refractivity contribution in [1.29, 1.82) is 0 Å². The van der Waals surface area contributed by atoms with Crippen molar-refractivity contribution >= 4 is 23.2 Å². The first kappa shape index (κ1) is 17.7. The van der Waals surface area contributed by atoms with Gasteiger partial charge in [0.25, 0.3) is 0 Å². The number of carbonyl (C=O) groups is 1. The summed E-state index contributed by atoms with van der Waals surface area (Å²) in [6, 6.07) is 7.61. The van der Waals surface area contributed by atoms with Crippen LogP contribution >= 0.6 is 11.3 Å². The molecule has 0 spiro atoms. The lowest BCUT2D eigenvalue weighted by atomic mass is 9.99. The van der Waals surface area contributed by atoms with Gasteiger partial charge < -0.3 is 10.1 Å². The normalized spacial score (nSPS) is 19.6. The summed E-state index contributed by atoms with van der Waals surface area (Å²) in [5.74, 6) is 0.657. The Balaban J connectivity index is 1.37. The van der Waals surface area contributed by atoms with E-state index in [9.17, 15) is 4.79 Å². The molecule has 0 aliphatic carbocycles. The fraction of sp³-hybridized carbons (Fsp3) is 0.316. The molecule has 1 aliphatic rings. The van der Waals surface area contributed by atoms with Crippen LogP contribution in [-0.4, -0.2) is 33.4 Å². The number of nitrogens with zero attached hydrogens (tertiary/aromatic N) is 3. The molecule has 0 aromatic carbocycles. The highest BCUT2D eigenvalue weighted by molar-refractivity contribution is 7.08. The number of carbonyl (C=O) groups excluding carboxylic acids is 1. The molecule has 2 unspecified atom stereocenters. The maximum Gasteiger partial charge on any atom is 0.320 e. The Labute approximate surface area is 161 Å². The topological polar surface area (TPSA) is 81.1 Å². The van der Waals surface area contributed by atoms with Gasteiger partial charge in [0.05, 0.1) is 11.8 Å². The van der Waals surface area contributed by atoms with Crippen LogP contribution < -0.4 is 10.6 Å². The SMILES string of the molecule is Cn1nc(-c2ccsc2)cc1NC(=O)NC1CCOC(c2cccnc2)C1. The average Bonchev–Trinajstić information content (AvgIpc) is 3.33. The predicted octanol–water partition coefficient (Wildman–Crippen LogP) is 3.59. The van der Waals surface area contributed by atoms with E-state index in [1.807, 2.05) is 48.3 Å². The van der Waals surface area contributed by atoms with E-state index in [0.717, 1.165) is 29.7 Å². The minimum Gasteiger partial charge on any atom is -0.373 e. The van der Waals surface area contributed by atoms with E-state index >= 15 is 0 Å². The van der Waals surface area contributed by atoms with Crippen LogP contribution in [0.4, 0.5) is 10.6 Å². The van der Waals surface area contributed by atoms with Crippen LogP contribution in [0.1, 0.15) is 24.5 Å². The Bertz CT molecular complexity index is 894. The fourth-order valence-corrected chi connectivity index (χ4v) is 3.85. The molecular weight excluding hydrogens is 362 g/mol. The Morgan fingerprint density at radius 3 is 3.11 bits per heavy atom. The molecule has 0 bridgehead atoms. The summed E-state index contributed by atoms with van der Waals surface area (Å²) in [5.41, 5.74) is 2.93. The highest BCUT2D eigenvalue weighted by Crippen LogP contribution is 2.28. The van der Waals surface area contributed by atoms with E-state index in [-0.39, 0.29) is 18.2 Å². The number of ether oxygens (including phenoxy) is 1. The standard InChI is InChI=1S/C19H21N5O2S/c1-24-18(10-16(23-24)14-5-8-27-12-14)22-19(25)21-15-4-7-26-17(9-15)13-3-2-6-20-11-13/h2-3,5-6,8,10-12,15,17H,4,7,9H2,1H3,(H2,21,22,25). The maximum absolute atomic E-state index is 12.5. The lowest BCUT2D eigenvalue weighted by Crippen LogP contribution is -2.42. The molecule has 4 rings (SSSR count). The number of rotatable bonds is 4. The molecule has 1 aliphatic heterocycles. The van der Waals surface area contributed by atoms with Crippen LogP contribution in [0.15, 0.2) is 47.4 Å². The largest absolute Gasteiger partial charge is 0.373 e. The van der Waals surface area contributed by atoms with Crippen LogP contribution in [0.5, 0.6) is 0 Å². The molecule has 0 saturated carbocycles. The van der Waals surface area contributed by atoms with E-state index in [4.69, 9.17) is 4.74 Å². The quantitative estimate of drug-likeness (QED) is 0.721. The average molecular weight is 383 g/mol. The van der Waals surface area contributed by atoms with E-state index in [0.29, 0.717) is 12.4 Å². The Morgan fingerprint density at radius 1 is 1.41 bits per heavy atom. The first-order valence-corrected chi connectivity index (χ1v) is 9.79. The third-order valence-corrected chi connectivity index (χ3v) is 5.30. The predicted molar refractivity (Wildman–Crippen MR) is 105 cm³/mol. The summed E-state index contributed by atoms with van der Waals surface area (Å²) >= 11 is 1.62. The molecule has 140 valence electrons. The summed E-state index contributed by atoms with van der Waals surface area (Å²) in [6.07, 6.45) is 5.03. The molecule has 27 heavy (non-hydrogen) atoms. The number of hydrogen-bond acceptors (Lipinski definition) is 5. The second-order valence-electron chi connectivity index (χ2n) is 6.52. The molecule has 2 atom stereocenters. The second-order valence-corrected chi connectivity index (χ2v) is 7.30. The molecule has 1 saturated heterocycles. The summed E-state index contributed by atoms with van der Waals surface area (Å²) < 4.78 is 7.51. The van der Waals surface area contributed by atoms with Gasteiger partial charge in [-0.3, -0.25) is 15.0 Å². The minimum atomic E-state index is -0.230. The number of urea groups is 1. The molecule has 1 fully saturated rings. The van der Waals surface area contributed by atoms with Crippen molar-refractivity contribution in [2.24, 2.45) is 7.05 Å². The third-order valence-electron chi connectivity index (χ3n) is 4.61. The first-order chi connectivity index (χ1) is 13.2. The van der Waals surface area contributed by atoms with Gasteiger partial charge in [0.1, 0.15) is 5.82 Å². The number of amides is 2. The Kier molecular flexibility index (Phi) is 5.17. The zero-order valence-electron chi connectivity index (χ0n) is 15.0. The number of anilines is 1. The van der Waals surface area contributed by atoms with Crippen molar-refractivity contribution in [3.63, 3.8) is 0 Å². The van der Waals surface area contributed by atoms with Gasteiger partial charge in [-0.15, -0.1) is 0 Å². The van der Waals surface area contributed by atoms with Crippen molar-refractivity contribution in [3.05, 3.63) is 53.0 Å². The third kappa shape index (κ3) is 4.17. The molecule has 3 aromatic heterocycles. The van der Waals surface area contributed by atoms with E-state index in [1.54, 1.807) is 22.2 Å². The summed E-state index contributed by atoms with van der Waals surface area (Å²) in [5, 5.41) is 14.4. The van der Waals surface area contributed by atoms with Gasteiger partial charge in [0.15, 0.2) is 0 Å². The van der Waals surface area contributed by atoms with Crippen molar-refractivity contribution in [3.8, 4) is 11.3 Å². The molecule has 2 amide bonds. The highest BCUT2D eigenvalue weighted by atomic mass is 32.1. The van der Waals surface area contributed by atoms with Gasteiger partial charge in [-0.05, 0) is 35.9 Å². The van der Waals surface area contributed by atoms with Crippen molar-refractivity contribution in [1.82, 2.24) is 20.1 Å². The zero-order chi connectivity index (χ0) is 18.6. The zero-order valence-corrected chi connectivity index (χ0v) is 15.8. The van der Waals surface area contributed by atoms with E-state index in [1.165, 1.54) is 0 Å². The van der Waals surface area contributed by atoms with Gasteiger partial charge in [-0.2, -0.15) is 16.4 Å². The number of thiophene rings is 1. The number of hydrogen-bond donors (Lipinski definition) is 2. The fourth-order valence-electron chi connectivity index (χ4n) is 3.20. The lowest BCUT2D eigenvalue weighted by Gasteiger charge is -2.30. The van der Waals surface area contributed by atoms with Crippen LogP contribution in [0, 0.1) is 0 Å². The molecule has 0 radical (unpaired) electrons. The maximum atomic E-state index is 12.5. The number of aryl methyl sites for hydroxylation is 1. The Hall–Kier alpha value is -2.71. The molecular formula is C19H21N5O2S. The Morgan fingerprint density at radius 2 is 2.33 bits per heavy atom. The lowest BCUT2D eigenvalue weighted by molar-refractivity contribution is 0.00235. The van der Waals surface area contributed by atoms with Crippen molar-refractivity contribution in [2.45, 2.75) is 25.0 Å². The summed E-state index contributed by atoms with van der Waals surface area (Å²) in [7, 11) is 1.82. The highest BCUT2D eigenvalue weighted by Gasteiger charge is 2.25. The number of nitrogens with one attached hydrogen (secondary N) is 2. The second kappa shape index (κ2) is 7.89. The molecule has 8 heteroatoms. The van der Waals surface area contributed by atoms with Gasteiger partial charge in [0.2, 0.25) is 0 Å². The van der Waals surface area contributed by atoms with Crippen molar-refractivity contribution < 1.29 is 9.53 Å². The van der Waals surface area contributed by atoms with Crippen LogP contribution in [0.3, 0.4) is 0 Å². The minimum absolute atomic E-state index is 0.0420. The van der Waals surface area contributed by atoms with Gasteiger partial charge in [-0.1, -0.05) is 6.07 Å². The van der Waals surface area contributed by atoms with E-state index < -0.39 is 0 Å². The molecule has 7 nitrogen and oxygen atoms in total.